The van der Waals surface area contributed by atoms with E-state index in [2.05, 4.69) is 15.3 Å². The van der Waals surface area contributed by atoms with Crippen molar-refractivity contribution in [2.45, 2.75) is 0 Å². The Kier molecular flexibility index (Phi) is 4.71. The van der Waals surface area contributed by atoms with Crippen molar-refractivity contribution < 1.29 is 14.4 Å². The van der Waals surface area contributed by atoms with Crippen molar-refractivity contribution in [2.24, 2.45) is 0 Å². The SMILES string of the molecule is COc1cc(N2CCOCC2)c([N+](=O)[O-])cc1Nc1ncccn1. The molecule has 0 unspecified atom stereocenters. The Bertz CT molecular complexity index is 719. The number of methoxy groups -OCH3 is 1. The Morgan fingerprint density at radius 3 is 2.62 bits per heavy atom. The number of anilines is 3. The molecule has 1 aromatic heterocycles. The molecule has 1 aliphatic rings. The second-order valence-electron chi connectivity index (χ2n) is 5.10. The highest BCUT2D eigenvalue weighted by Crippen LogP contribution is 2.39. The van der Waals surface area contributed by atoms with Crippen LogP contribution in [0.5, 0.6) is 5.75 Å². The minimum absolute atomic E-state index is 0.00358. The number of nitrogens with zero attached hydrogens (tertiary/aromatic N) is 4. The summed E-state index contributed by atoms with van der Waals surface area (Å²) in [7, 11) is 1.52. The lowest BCUT2D eigenvalue weighted by Gasteiger charge is -2.29. The lowest BCUT2D eigenvalue weighted by Crippen LogP contribution is -2.36. The highest BCUT2D eigenvalue weighted by molar-refractivity contribution is 5.76. The maximum Gasteiger partial charge on any atom is 0.294 e. The smallest absolute Gasteiger partial charge is 0.294 e. The molecule has 0 spiro atoms. The van der Waals surface area contributed by atoms with Gasteiger partial charge in [-0.05, 0) is 6.07 Å². The maximum absolute atomic E-state index is 11.5. The van der Waals surface area contributed by atoms with Crippen molar-refractivity contribution in [3.63, 3.8) is 0 Å². The predicted molar refractivity (Wildman–Crippen MR) is 88.0 cm³/mol. The molecule has 3 rings (SSSR count). The molecule has 1 aliphatic heterocycles. The van der Waals surface area contributed by atoms with Crippen LogP contribution in [-0.4, -0.2) is 48.3 Å². The van der Waals surface area contributed by atoms with Crippen LogP contribution in [0.2, 0.25) is 0 Å². The molecule has 24 heavy (non-hydrogen) atoms. The van der Waals surface area contributed by atoms with Crippen LogP contribution in [0.4, 0.5) is 23.0 Å². The van der Waals surface area contributed by atoms with E-state index in [1.807, 2.05) is 4.90 Å². The quantitative estimate of drug-likeness (QED) is 0.655. The van der Waals surface area contributed by atoms with Crippen LogP contribution in [-0.2, 0) is 4.74 Å². The normalized spacial score (nSPS) is 14.3. The number of aromatic nitrogens is 2. The van der Waals surface area contributed by atoms with Gasteiger partial charge in [-0.3, -0.25) is 10.1 Å². The molecule has 9 nitrogen and oxygen atoms in total. The largest absolute Gasteiger partial charge is 0.494 e. The average molecular weight is 331 g/mol. The lowest BCUT2D eigenvalue weighted by atomic mass is 10.2. The molecule has 126 valence electrons. The molecule has 0 radical (unpaired) electrons. The number of rotatable bonds is 5. The molecular formula is C15H17N5O4. The highest BCUT2D eigenvalue weighted by Gasteiger charge is 2.25. The molecule has 0 amide bonds. The van der Waals surface area contributed by atoms with E-state index in [1.165, 1.54) is 13.2 Å². The van der Waals surface area contributed by atoms with Crippen LogP contribution in [0.1, 0.15) is 0 Å². The minimum atomic E-state index is -0.402. The van der Waals surface area contributed by atoms with Gasteiger partial charge in [0.25, 0.3) is 5.69 Å². The van der Waals surface area contributed by atoms with Crippen molar-refractivity contribution in [2.75, 3.05) is 43.6 Å². The number of nitro benzene ring substituents is 1. The number of ether oxygens (including phenoxy) is 2. The third kappa shape index (κ3) is 3.35. The first-order chi connectivity index (χ1) is 11.7. The number of hydrogen-bond acceptors (Lipinski definition) is 8. The first kappa shape index (κ1) is 15.9. The van der Waals surface area contributed by atoms with Crippen molar-refractivity contribution in [1.82, 2.24) is 9.97 Å². The van der Waals surface area contributed by atoms with Gasteiger partial charge in [-0.2, -0.15) is 0 Å². The molecule has 1 fully saturated rings. The second kappa shape index (κ2) is 7.09. The summed E-state index contributed by atoms with van der Waals surface area (Å²) in [5.41, 5.74) is 0.947. The summed E-state index contributed by atoms with van der Waals surface area (Å²) in [6, 6.07) is 4.79. The zero-order chi connectivity index (χ0) is 16.9. The number of benzene rings is 1. The molecule has 2 aromatic rings. The molecule has 1 aromatic carbocycles. The fourth-order valence-corrected chi connectivity index (χ4v) is 2.51. The Labute approximate surface area is 138 Å². The Morgan fingerprint density at radius 2 is 2.00 bits per heavy atom. The number of nitro groups is 1. The highest BCUT2D eigenvalue weighted by atomic mass is 16.6. The van der Waals surface area contributed by atoms with E-state index in [-0.39, 0.29) is 5.69 Å². The molecule has 0 atom stereocenters. The van der Waals surface area contributed by atoms with Gasteiger partial charge >= 0.3 is 0 Å². The molecule has 0 aliphatic carbocycles. The van der Waals surface area contributed by atoms with Gasteiger partial charge in [-0.1, -0.05) is 0 Å². The number of nitrogens with one attached hydrogen (secondary N) is 1. The van der Waals surface area contributed by atoms with E-state index in [0.717, 1.165) is 0 Å². The third-order valence-electron chi connectivity index (χ3n) is 3.66. The van der Waals surface area contributed by atoms with Crippen LogP contribution < -0.4 is 15.0 Å². The van der Waals surface area contributed by atoms with E-state index >= 15 is 0 Å². The van der Waals surface area contributed by atoms with Crippen LogP contribution >= 0.6 is 0 Å². The van der Waals surface area contributed by atoms with Crippen molar-refractivity contribution in [3.05, 3.63) is 40.7 Å². The van der Waals surface area contributed by atoms with Crippen molar-refractivity contribution >= 4 is 23.0 Å². The van der Waals surface area contributed by atoms with E-state index in [0.29, 0.717) is 49.4 Å². The number of hydrogen-bond donors (Lipinski definition) is 1. The molecule has 1 N–H and O–H groups in total. The summed E-state index contributed by atoms with van der Waals surface area (Å²) in [6.45, 7) is 2.27. The van der Waals surface area contributed by atoms with Gasteiger partial charge in [0.05, 0.1) is 30.9 Å². The second-order valence-corrected chi connectivity index (χ2v) is 5.10. The third-order valence-corrected chi connectivity index (χ3v) is 3.66. The monoisotopic (exact) mass is 331 g/mol. The van der Waals surface area contributed by atoms with Crippen LogP contribution in [0.25, 0.3) is 0 Å². The molecule has 2 heterocycles. The van der Waals surface area contributed by atoms with E-state index in [9.17, 15) is 10.1 Å². The Morgan fingerprint density at radius 1 is 1.29 bits per heavy atom. The van der Waals surface area contributed by atoms with E-state index in [4.69, 9.17) is 9.47 Å². The summed E-state index contributed by atoms with van der Waals surface area (Å²) in [4.78, 5) is 21.2. The lowest BCUT2D eigenvalue weighted by molar-refractivity contribution is -0.384. The molecule has 0 bridgehead atoms. The van der Waals surface area contributed by atoms with Crippen LogP contribution in [0.3, 0.4) is 0 Å². The van der Waals surface area contributed by atoms with Gasteiger partial charge in [0.15, 0.2) is 0 Å². The van der Waals surface area contributed by atoms with Gasteiger partial charge < -0.3 is 19.7 Å². The van der Waals surface area contributed by atoms with Gasteiger partial charge in [-0.25, -0.2) is 9.97 Å². The van der Waals surface area contributed by atoms with Gasteiger partial charge in [0.2, 0.25) is 5.95 Å². The molecular weight excluding hydrogens is 314 g/mol. The zero-order valence-corrected chi connectivity index (χ0v) is 13.1. The fraction of sp³-hybridized carbons (Fsp3) is 0.333. The first-order valence-corrected chi connectivity index (χ1v) is 7.42. The zero-order valence-electron chi connectivity index (χ0n) is 13.1. The van der Waals surface area contributed by atoms with E-state index in [1.54, 1.807) is 24.5 Å². The average Bonchev–Trinajstić information content (AvgIpc) is 2.63. The molecule has 9 heteroatoms. The summed E-state index contributed by atoms with van der Waals surface area (Å²) in [5, 5.41) is 14.5. The summed E-state index contributed by atoms with van der Waals surface area (Å²) < 4.78 is 10.7. The van der Waals surface area contributed by atoms with Gasteiger partial charge in [0.1, 0.15) is 11.4 Å². The summed E-state index contributed by atoms with van der Waals surface area (Å²) in [5.74, 6) is 0.818. The van der Waals surface area contributed by atoms with Crippen LogP contribution in [0.15, 0.2) is 30.6 Å². The first-order valence-electron chi connectivity index (χ1n) is 7.42. The maximum atomic E-state index is 11.5. The van der Waals surface area contributed by atoms with Crippen molar-refractivity contribution in [1.29, 1.82) is 0 Å². The number of morpholine rings is 1. The Balaban J connectivity index is 2.00. The summed E-state index contributed by atoms with van der Waals surface area (Å²) >= 11 is 0. The van der Waals surface area contributed by atoms with Crippen molar-refractivity contribution in [3.8, 4) is 5.75 Å². The minimum Gasteiger partial charge on any atom is -0.494 e. The molecule has 1 saturated heterocycles. The van der Waals surface area contributed by atoms with Gasteiger partial charge in [-0.15, -0.1) is 0 Å². The summed E-state index contributed by atoms with van der Waals surface area (Å²) in [6.07, 6.45) is 3.16. The standard InChI is InChI=1S/C15H17N5O4/c1-23-14-10-12(19-5-7-24-8-6-19)13(20(21)22)9-11(14)18-15-16-3-2-4-17-15/h2-4,9-10H,5-8H2,1H3,(H,16,17,18). The Hall–Kier alpha value is -2.94. The van der Waals surface area contributed by atoms with Gasteiger partial charge in [0, 0.05) is 37.6 Å². The topological polar surface area (TPSA) is 103 Å². The molecule has 0 saturated carbocycles. The predicted octanol–water partition coefficient (Wildman–Crippen LogP) is 1.97. The fourth-order valence-electron chi connectivity index (χ4n) is 2.51. The van der Waals surface area contributed by atoms with Crippen LogP contribution in [0, 0.1) is 10.1 Å². The van der Waals surface area contributed by atoms with E-state index < -0.39 is 4.92 Å².